The number of fused-ring (bicyclic) bond motifs is 5. The molecule has 0 aliphatic heterocycles. The molecular formula is C24H26FNO2S. The van der Waals surface area contributed by atoms with Crippen molar-refractivity contribution in [3.8, 4) is 0 Å². The molecule has 0 spiro atoms. The summed E-state index contributed by atoms with van der Waals surface area (Å²) in [6.45, 7) is 2.35. The minimum atomic E-state index is -3.18. The summed E-state index contributed by atoms with van der Waals surface area (Å²) < 4.78 is 37.7. The molecule has 1 fully saturated rings. The van der Waals surface area contributed by atoms with Crippen LogP contribution in [0.3, 0.4) is 0 Å². The summed E-state index contributed by atoms with van der Waals surface area (Å²) in [6.07, 6.45) is 11.8. The molecule has 3 nitrogen and oxygen atoms in total. The average molecular weight is 412 g/mol. The van der Waals surface area contributed by atoms with Gasteiger partial charge in [0, 0.05) is 12.5 Å². The molecule has 0 unspecified atom stereocenters. The van der Waals surface area contributed by atoms with Crippen molar-refractivity contribution in [3.63, 3.8) is 0 Å². The molecule has 3 aliphatic carbocycles. The standard InChI is InChI=1S/C24H26FNO2S/c1-24-10-9-20-19-6-4-18(29(2,27)28)12-15(19)3-5-21(20)23(24)8-7-22(24)16-11-17(25)14-26-13-16/h4,6-7,11-14,20-21,23H,3,5,8-10H2,1-2H3/t20-,21-,23+,24-/m1/s1. The molecule has 0 amide bonds. The predicted molar refractivity (Wildman–Crippen MR) is 112 cm³/mol. The van der Waals surface area contributed by atoms with E-state index >= 15 is 0 Å². The zero-order chi connectivity index (χ0) is 20.4. The number of allylic oxidation sites excluding steroid dienone is 2. The first-order valence-electron chi connectivity index (χ1n) is 10.4. The van der Waals surface area contributed by atoms with Gasteiger partial charge < -0.3 is 0 Å². The van der Waals surface area contributed by atoms with Crippen molar-refractivity contribution in [2.75, 3.05) is 6.26 Å². The van der Waals surface area contributed by atoms with E-state index in [1.54, 1.807) is 18.3 Å². The summed E-state index contributed by atoms with van der Waals surface area (Å²) in [7, 11) is -3.18. The van der Waals surface area contributed by atoms with Gasteiger partial charge in [-0.1, -0.05) is 19.1 Å². The third-order valence-corrected chi connectivity index (χ3v) is 8.83. The molecule has 1 aromatic carbocycles. The fourth-order valence-corrected chi connectivity index (χ4v) is 7.03. The number of hydrogen-bond acceptors (Lipinski definition) is 3. The molecule has 5 heteroatoms. The summed E-state index contributed by atoms with van der Waals surface area (Å²) in [4.78, 5) is 4.50. The number of sulfone groups is 1. The lowest BCUT2D eigenvalue weighted by Crippen LogP contribution is -2.41. The molecule has 0 saturated heterocycles. The van der Waals surface area contributed by atoms with E-state index in [0.29, 0.717) is 22.6 Å². The maximum Gasteiger partial charge on any atom is 0.175 e. The molecule has 4 atom stereocenters. The Morgan fingerprint density at radius 2 is 2.00 bits per heavy atom. The number of hydrogen-bond donors (Lipinski definition) is 0. The van der Waals surface area contributed by atoms with Crippen molar-refractivity contribution in [2.45, 2.75) is 49.8 Å². The van der Waals surface area contributed by atoms with Crippen LogP contribution in [0, 0.1) is 23.1 Å². The fourth-order valence-electron chi connectivity index (χ4n) is 6.36. The Bertz CT molecular complexity index is 1120. The van der Waals surface area contributed by atoms with Gasteiger partial charge in [-0.3, -0.25) is 4.98 Å². The quantitative estimate of drug-likeness (QED) is 0.685. The van der Waals surface area contributed by atoms with E-state index in [0.717, 1.165) is 37.7 Å². The van der Waals surface area contributed by atoms with E-state index < -0.39 is 9.84 Å². The van der Waals surface area contributed by atoms with Gasteiger partial charge in [-0.15, -0.1) is 0 Å². The zero-order valence-corrected chi connectivity index (χ0v) is 17.7. The van der Waals surface area contributed by atoms with E-state index in [1.165, 1.54) is 29.2 Å². The number of benzene rings is 1. The first-order chi connectivity index (χ1) is 13.8. The zero-order valence-electron chi connectivity index (χ0n) is 16.9. The van der Waals surface area contributed by atoms with Crippen molar-refractivity contribution in [1.82, 2.24) is 4.98 Å². The van der Waals surface area contributed by atoms with Crippen LogP contribution in [0.25, 0.3) is 5.57 Å². The highest BCUT2D eigenvalue weighted by molar-refractivity contribution is 7.90. The highest BCUT2D eigenvalue weighted by Crippen LogP contribution is 2.63. The van der Waals surface area contributed by atoms with Gasteiger partial charge in [-0.05, 0) is 95.7 Å². The van der Waals surface area contributed by atoms with Crippen molar-refractivity contribution in [2.24, 2.45) is 17.3 Å². The normalized spacial score (nSPS) is 30.9. The van der Waals surface area contributed by atoms with Crippen molar-refractivity contribution in [3.05, 3.63) is 65.2 Å². The van der Waals surface area contributed by atoms with E-state index in [4.69, 9.17) is 0 Å². The molecule has 1 heterocycles. The number of aromatic nitrogens is 1. The predicted octanol–water partition coefficient (Wildman–Crippen LogP) is 5.17. The molecule has 2 aromatic rings. The first kappa shape index (κ1) is 19.0. The van der Waals surface area contributed by atoms with Gasteiger partial charge in [0.05, 0.1) is 11.1 Å². The van der Waals surface area contributed by atoms with Crippen LogP contribution in [-0.4, -0.2) is 19.7 Å². The van der Waals surface area contributed by atoms with Gasteiger partial charge in [0.1, 0.15) is 5.82 Å². The molecule has 1 aromatic heterocycles. The van der Waals surface area contributed by atoms with Crippen LogP contribution in [-0.2, 0) is 16.3 Å². The lowest BCUT2D eigenvalue weighted by atomic mass is 9.54. The minimum absolute atomic E-state index is 0.0564. The highest BCUT2D eigenvalue weighted by atomic mass is 32.2. The molecule has 1 saturated carbocycles. The number of nitrogens with zero attached hydrogens (tertiary/aromatic N) is 1. The Hall–Kier alpha value is -2.01. The molecule has 0 N–H and O–H groups in total. The van der Waals surface area contributed by atoms with E-state index in [2.05, 4.69) is 24.1 Å². The number of rotatable bonds is 2. The SMILES string of the molecule is C[C@]12CC[C@@H]3c4ccc(S(C)(=O)=O)cc4CC[C@H]3[C@@H]1CC=C2c1cncc(F)c1. The van der Waals surface area contributed by atoms with E-state index in [-0.39, 0.29) is 11.2 Å². The molecule has 3 aliphatic rings. The second kappa shape index (κ2) is 6.49. The molecule has 5 rings (SSSR count). The van der Waals surface area contributed by atoms with Crippen LogP contribution >= 0.6 is 0 Å². The lowest BCUT2D eigenvalue weighted by molar-refractivity contribution is 0.0885. The third-order valence-electron chi connectivity index (χ3n) is 7.72. The number of pyridine rings is 1. The summed E-state index contributed by atoms with van der Waals surface area (Å²) >= 11 is 0. The smallest absolute Gasteiger partial charge is 0.175 e. The van der Waals surface area contributed by atoms with Crippen LogP contribution in [0.15, 0.2) is 47.6 Å². The molecule has 0 bridgehead atoms. The third kappa shape index (κ3) is 2.97. The maximum absolute atomic E-state index is 13.8. The van der Waals surface area contributed by atoms with Gasteiger partial charge in [-0.25, -0.2) is 12.8 Å². The van der Waals surface area contributed by atoms with Gasteiger partial charge in [0.25, 0.3) is 0 Å². The fraction of sp³-hybridized carbons (Fsp3) is 0.458. The molecular weight excluding hydrogens is 385 g/mol. The summed E-state index contributed by atoms with van der Waals surface area (Å²) in [6, 6.07) is 7.35. The lowest BCUT2D eigenvalue weighted by Gasteiger charge is -2.50. The van der Waals surface area contributed by atoms with E-state index in [9.17, 15) is 12.8 Å². The van der Waals surface area contributed by atoms with E-state index in [1.807, 2.05) is 6.07 Å². The van der Waals surface area contributed by atoms with Crippen molar-refractivity contribution in [1.29, 1.82) is 0 Å². The van der Waals surface area contributed by atoms with Crippen LogP contribution in [0.1, 0.15) is 55.2 Å². The van der Waals surface area contributed by atoms with Gasteiger partial charge in [0.15, 0.2) is 9.84 Å². The summed E-state index contributed by atoms with van der Waals surface area (Å²) in [5.41, 5.74) is 4.78. The van der Waals surface area contributed by atoms with Crippen molar-refractivity contribution >= 4 is 15.4 Å². The molecule has 152 valence electrons. The summed E-state index contributed by atoms with van der Waals surface area (Å²) in [5, 5.41) is 0. The van der Waals surface area contributed by atoms with Crippen LogP contribution in [0.5, 0.6) is 0 Å². The highest BCUT2D eigenvalue weighted by Gasteiger charge is 2.52. The second-order valence-corrected chi connectivity index (χ2v) is 11.3. The monoisotopic (exact) mass is 411 g/mol. The summed E-state index contributed by atoms with van der Waals surface area (Å²) in [5.74, 6) is 1.34. The van der Waals surface area contributed by atoms with Crippen molar-refractivity contribution < 1.29 is 12.8 Å². The topological polar surface area (TPSA) is 47.0 Å². The molecule has 29 heavy (non-hydrogen) atoms. The number of aryl methyl sites for hydroxylation is 1. The minimum Gasteiger partial charge on any atom is -0.261 e. The Kier molecular flexibility index (Phi) is 4.25. The number of halogens is 1. The first-order valence-corrected chi connectivity index (χ1v) is 12.3. The van der Waals surface area contributed by atoms with Gasteiger partial charge in [-0.2, -0.15) is 0 Å². The van der Waals surface area contributed by atoms with Gasteiger partial charge >= 0.3 is 0 Å². The largest absolute Gasteiger partial charge is 0.261 e. The maximum atomic E-state index is 13.8. The Balaban J connectivity index is 1.47. The van der Waals surface area contributed by atoms with Crippen LogP contribution in [0.2, 0.25) is 0 Å². The second-order valence-electron chi connectivity index (χ2n) is 9.25. The Labute approximate surface area is 172 Å². The average Bonchev–Trinajstić information content (AvgIpc) is 3.04. The van der Waals surface area contributed by atoms with Gasteiger partial charge in [0.2, 0.25) is 0 Å². The Morgan fingerprint density at radius 3 is 2.76 bits per heavy atom. The Morgan fingerprint density at radius 1 is 1.17 bits per heavy atom. The van der Waals surface area contributed by atoms with Crippen LogP contribution in [0.4, 0.5) is 4.39 Å². The molecule has 0 radical (unpaired) electrons. The van der Waals surface area contributed by atoms with Crippen LogP contribution < -0.4 is 0 Å².